The lowest BCUT2D eigenvalue weighted by molar-refractivity contribution is -0.159. The summed E-state index contributed by atoms with van der Waals surface area (Å²) in [7, 11) is 1.57. The van der Waals surface area contributed by atoms with Gasteiger partial charge in [-0.3, -0.25) is 9.69 Å². The van der Waals surface area contributed by atoms with E-state index in [1.165, 1.54) is 6.07 Å². The van der Waals surface area contributed by atoms with Crippen molar-refractivity contribution in [2.45, 2.75) is 25.2 Å². The van der Waals surface area contributed by atoms with Crippen LogP contribution >= 0.6 is 0 Å². The highest BCUT2D eigenvalue weighted by molar-refractivity contribution is 5.84. The molecule has 0 saturated carbocycles. The Labute approximate surface area is 124 Å². The first-order valence-corrected chi connectivity index (χ1v) is 6.67. The third-order valence-corrected chi connectivity index (χ3v) is 3.59. The molecule has 8 heteroatoms. The van der Waals surface area contributed by atoms with Gasteiger partial charge in [0.1, 0.15) is 6.54 Å². The molecule has 1 aliphatic rings. The number of rotatable bonds is 4. The van der Waals surface area contributed by atoms with Crippen molar-refractivity contribution in [3.63, 3.8) is 0 Å². The molecular weight excluding hydrogens is 307 g/mol. The highest BCUT2D eigenvalue weighted by Gasteiger charge is 2.40. The Kier molecular flexibility index (Phi) is 4.69. The second-order valence-electron chi connectivity index (χ2n) is 5.34. The molecule has 22 heavy (non-hydrogen) atoms. The van der Waals surface area contributed by atoms with Crippen LogP contribution in [0.5, 0.6) is 0 Å². The van der Waals surface area contributed by atoms with E-state index in [-0.39, 0.29) is 19.5 Å². The van der Waals surface area contributed by atoms with E-state index in [1.54, 1.807) is 11.9 Å². The summed E-state index contributed by atoms with van der Waals surface area (Å²) in [5, 5.41) is 0. The molecule has 2 rings (SSSR count). The first-order chi connectivity index (χ1) is 10.2. The number of likely N-dealkylation sites (tertiary alicyclic amines) is 1. The van der Waals surface area contributed by atoms with Gasteiger partial charge < -0.3 is 4.90 Å². The molecule has 1 heterocycles. The molecule has 0 aliphatic carbocycles. The van der Waals surface area contributed by atoms with Crippen LogP contribution in [0.15, 0.2) is 18.2 Å². The van der Waals surface area contributed by atoms with Crippen LogP contribution in [0, 0.1) is 11.6 Å². The standard InChI is InChI=1S/C14H15F5N2O/c1-20(7-9-2-3-10(15)11(16)6-9)12-4-5-21(13(12)22)8-14(17,18)19/h2-3,6,12H,4-5,7-8H2,1H3/t12-/m1/s1. The molecular formula is C14H15F5N2O. The Morgan fingerprint density at radius 2 is 1.95 bits per heavy atom. The smallest absolute Gasteiger partial charge is 0.332 e. The normalized spacial score (nSPS) is 19.3. The van der Waals surface area contributed by atoms with E-state index in [9.17, 15) is 26.7 Å². The molecule has 0 radical (unpaired) electrons. The lowest BCUT2D eigenvalue weighted by atomic mass is 10.1. The second-order valence-corrected chi connectivity index (χ2v) is 5.34. The molecule has 1 aromatic carbocycles. The van der Waals surface area contributed by atoms with Crippen LogP contribution < -0.4 is 0 Å². The van der Waals surface area contributed by atoms with Gasteiger partial charge in [-0.25, -0.2) is 8.78 Å². The van der Waals surface area contributed by atoms with E-state index in [0.717, 1.165) is 17.0 Å². The predicted molar refractivity (Wildman–Crippen MR) is 68.9 cm³/mol. The zero-order valence-corrected chi connectivity index (χ0v) is 11.8. The minimum Gasteiger partial charge on any atom is -0.332 e. The molecule has 1 aromatic rings. The molecule has 0 bridgehead atoms. The SMILES string of the molecule is CN(Cc1ccc(F)c(F)c1)[C@@H]1CCN(CC(F)(F)F)C1=O. The Balaban J connectivity index is 2.00. The molecule has 3 nitrogen and oxygen atoms in total. The monoisotopic (exact) mass is 322 g/mol. The number of benzene rings is 1. The van der Waals surface area contributed by atoms with E-state index < -0.39 is 36.3 Å². The van der Waals surface area contributed by atoms with Gasteiger partial charge in [-0.15, -0.1) is 0 Å². The fourth-order valence-electron chi connectivity index (χ4n) is 2.54. The molecule has 1 fully saturated rings. The summed E-state index contributed by atoms with van der Waals surface area (Å²) in [5.41, 5.74) is 0.448. The van der Waals surface area contributed by atoms with E-state index in [0.29, 0.717) is 5.56 Å². The number of carbonyl (C=O) groups excluding carboxylic acids is 1. The van der Waals surface area contributed by atoms with Gasteiger partial charge in [0.05, 0.1) is 6.04 Å². The third kappa shape index (κ3) is 3.94. The molecule has 1 amide bonds. The van der Waals surface area contributed by atoms with Crippen LogP contribution in [0.2, 0.25) is 0 Å². The second kappa shape index (κ2) is 6.20. The van der Waals surface area contributed by atoms with Gasteiger partial charge in [0.2, 0.25) is 5.91 Å². The van der Waals surface area contributed by atoms with E-state index in [2.05, 4.69) is 0 Å². The molecule has 1 atom stereocenters. The Bertz CT molecular complexity index is 561. The molecule has 0 unspecified atom stereocenters. The van der Waals surface area contributed by atoms with Gasteiger partial charge in [0, 0.05) is 13.1 Å². The number of hydrogen-bond acceptors (Lipinski definition) is 2. The van der Waals surface area contributed by atoms with E-state index in [1.807, 2.05) is 0 Å². The van der Waals surface area contributed by atoms with E-state index in [4.69, 9.17) is 0 Å². The number of nitrogens with zero attached hydrogens (tertiary/aromatic N) is 2. The summed E-state index contributed by atoms with van der Waals surface area (Å²) in [5.74, 6) is -2.57. The number of hydrogen-bond donors (Lipinski definition) is 0. The van der Waals surface area contributed by atoms with Gasteiger partial charge in [0.15, 0.2) is 11.6 Å². The number of carbonyl (C=O) groups is 1. The van der Waals surface area contributed by atoms with Crippen molar-refractivity contribution in [2.24, 2.45) is 0 Å². The van der Waals surface area contributed by atoms with Crippen LogP contribution in [0.4, 0.5) is 22.0 Å². The van der Waals surface area contributed by atoms with Gasteiger partial charge >= 0.3 is 6.18 Å². The van der Waals surface area contributed by atoms with Crippen molar-refractivity contribution in [1.82, 2.24) is 9.80 Å². The van der Waals surface area contributed by atoms with Crippen molar-refractivity contribution in [2.75, 3.05) is 20.1 Å². The van der Waals surface area contributed by atoms with Gasteiger partial charge in [-0.2, -0.15) is 13.2 Å². The van der Waals surface area contributed by atoms with Crippen molar-refractivity contribution in [3.8, 4) is 0 Å². The average Bonchev–Trinajstić information content (AvgIpc) is 2.74. The number of alkyl halides is 3. The third-order valence-electron chi connectivity index (χ3n) is 3.59. The molecule has 1 aliphatic heterocycles. The summed E-state index contributed by atoms with van der Waals surface area (Å²) in [6.07, 6.45) is -4.15. The summed E-state index contributed by atoms with van der Waals surface area (Å²) >= 11 is 0. The summed E-state index contributed by atoms with van der Waals surface area (Å²) in [6.45, 7) is -1.08. The van der Waals surface area contributed by atoms with Gasteiger partial charge in [-0.05, 0) is 31.2 Å². The van der Waals surface area contributed by atoms with Crippen LogP contribution in [0.3, 0.4) is 0 Å². The van der Waals surface area contributed by atoms with E-state index >= 15 is 0 Å². The topological polar surface area (TPSA) is 23.6 Å². The highest BCUT2D eigenvalue weighted by Crippen LogP contribution is 2.23. The average molecular weight is 322 g/mol. The van der Waals surface area contributed by atoms with Gasteiger partial charge in [-0.1, -0.05) is 6.07 Å². The Hall–Kier alpha value is -1.70. The number of halogens is 5. The number of likely N-dealkylation sites (N-methyl/N-ethyl adjacent to an activating group) is 1. The minimum absolute atomic E-state index is 0.0329. The van der Waals surface area contributed by atoms with Crippen molar-refractivity contribution in [1.29, 1.82) is 0 Å². The molecule has 0 aromatic heterocycles. The zero-order valence-electron chi connectivity index (χ0n) is 11.8. The first kappa shape index (κ1) is 16.7. The van der Waals surface area contributed by atoms with Crippen molar-refractivity contribution >= 4 is 5.91 Å². The molecule has 1 saturated heterocycles. The highest BCUT2D eigenvalue weighted by atomic mass is 19.4. The van der Waals surface area contributed by atoms with Crippen LogP contribution in [0.1, 0.15) is 12.0 Å². The fraction of sp³-hybridized carbons (Fsp3) is 0.500. The fourth-order valence-corrected chi connectivity index (χ4v) is 2.54. The maximum Gasteiger partial charge on any atom is 0.406 e. The predicted octanol–water partition coefficient (Wildman–Crippen LogP) is 2.56. The van der Waals surface area contributed by atoms with Crippen molar-refractivity contribution in [3.05, 3.63) is 35.4 Å². The van der Waals surface area contributed by atoms with Crippen molar-refractivity contribution < 1.29 is 26.7 Å². The Morgan fingerprint density at radius 3 is 2.55 bits per heavy atom. The van der Waals surface area contributed by atoms with Gasteiger partial charge in [0.25, 0.3) is 0 Å². The lowest BCUT2D eigenvalue weighted by Crippen LogP contribution is -2.42. The van der Waals surface area contributed by atoms with Crippen LogP contribution in [-0.4, -0.2) is 48.1 Å². The molecule has 0 spiro atoms. The maximum atomic E-state index is 13.1. The summed E-state index contributed by atoms with van der Waals surface area (Å²) in [6, 6.07) is 2.68. The Morgan fingerprint density at radius 1 is 1.27 bits per heavy atom. The lowest BCUT2D eigenvalue weighted by Gasteiger charge is -2.24. The minimum atomic E-state index is -4.43. The van der Waals surface area contributed by atoms with Crippen LogP contribution in [0.25, 0.3) is 0 Å². The van der Waals surface area contributed by atoms with Crippen LogP contribution in [-0.2, 0) is 11.3 Å². The summed E-state index contributed by atoms with van der Waals surface area (Å²) < 4.78 is 63.0. The number of amides is 1. The maximum absolute atomic E-state index is 13.1. The molecule has 122 valence electrons. The quantitative estimate of drug-likeness (QED) is 0.796. The largest absolute Gasteiger partial charge is 0.406 e. The molecule has 0 N–H and O–H groups in total. The zero-order chi connectivity index (χ0) is 16.5. The summed E-state index contributed by atoms with van der Waals surface area (Å²) in [4.78, 5) is 14.3. The first-order valence-electron chi connectivity index (χ1n) is 6.67.